The Morgan fingerprint density at radius 1 is 1.39 bits per heavy atom. The summed E-state index contributed by atoms with van der Waals surface area (Å²) in [5.41, 5.74) is 0.756. The maximum absolute atomic E-state index is 12.1. The lowest BCUT2D eigenvalue weighted by Gasteiger charge is -2.27. The van der Waals surface area contributed by atoms with Crippen LogP contribution in [-0.4, -0.2) is 51.3 Å². The molecule has 1 rings (SSSR count). The largest absolute Gasteiger partial charge is 0.344 e. The topological polar surface area (TPSA) is 108 Å². The summed E-state index contributed by atoms with van der Waals surface area (Å²) in [5.74, 6) is -0.0998. The molecule has 126 valence electrons. The summed E-state index contributed by atoms with van der Waals surface area (Å²) >= 11 is 0. The number of sulfonamides is 1. The SMILES string of the molecule is CC(c1cccc(S(N)(=O)=O)c1)N(C)CC(=O)N(C)CCC#N. The van der Waals surface area contributed by atoms with E-state index in [4.69, 9.17) is 10.4 Å². The van der Waals surface area contributed by atoms with Crippen LogP contribution in [0, 0.1) is 11.3 Å². The summed E-state index contributed by atoms with van der Waals surface area (Å²) < 4.78 is 22.8. The number of carbonyl (C=O) groups excluding carboxylic acids is 1. The molecule has 0 aromatic heterocycles. The molecule has 0 heterocycles. The van der Waals surface area contributed by atoms with Crippen molar-refractivity contribution in [2.24, 2.45) is 5.14 Å². The molecule has 0 aliphatic rings. The normalized spacial score (nSPS) is 12.7. The van der Waals surface area contributed by atoms with Crippen LogP contribution < -0.4 is 5.14 Å². The number of nitrogens with two attached hydrogens (primary N) is 1. The van der Waals surface area contributed by atoms with E-state index in [-0.39, 0.29) is 29.8 Å². The maximum Gasteiger partial charge on any atom is 0.238 e. The summed E-state index contributed by atoms with van der Waals surface area (Å²) in [4.78, 5) is 15.4. The van der Waals surface area contributed by atoms with Crippen molar-refractivity contribution in [1.29, 1.82) is 5.26 Å². The van der Waals surface area contributed by atoms with E-state index in [0.717, 1.165) is 5.56 Å². The van der Waals surface area contributed by atoms with Crippen molar-refractivity contribution < 1.29 is 13.2 Å². The van der Waals surface area contributed by atoms with Gasteiger partial charge in [0.2, 0.25) is 15.9 Å². The first-order chi connectivity index (χ1) is 10.7. The molecule has 1 atom stereocenters. The predicted octanol–water partition coefficient (Wildman–Crippen LogP) is 0.699. The number of likely N-dealkylation sites (N-methyl/N-ethyl adjacent to an activating group) is 2. The molecule has 0 aliphatic heterocycles. The molecule has 0 spiro atoms. The summed E-state index contributed by atoms with van der Waals surface area (Å²) in [5, 5.41) is 13.7. The second kappa shape index (κ2) is 8.06. The molecular weight excluding hydrogens is 316 g/mol. The molecule has 0 saturated heterocycles. The second-order valence-corrected chi connectivity index (χ2v) is 6.99. The van der Waals surface area contributed by atoms with Gasteiger partial charge in [0.05, 0.1) is 23.9 Å². The zero-order valence-corrected chi connectivity index (χ0v) is 14.4. The Morgan fingerprint density at radius 2 is 2.04 bits per heavy atom. The number of primary sulfonamides is 1. The van der Waals surface area contributed by atoms with E-state index in [0.29, 0.717) is 6.54 Å². The number of nitriles is 1. The molecule has 8 heteroatoms. The second-order valence-electron chi connectivity index (χ2n) is 5.43. The van der Waals surface area contributed by atoms with Crippen LogP contribution in [0.15, 0.2) is 29.2 Å². The van der Waals surface area contributed by atoms with Gasteiger partial charge in [-0.1, -0.05) is 12.1 Å². The molecule has 0 bridgehead atoms. The minimum Gasteiger partial charge on any atom is -0.344 e. The molecule has 0 aliphatic carbocycles. The first-order valence-electron chi connectivity index (χ1n) is 7.10. The van der Waals surface area contributed by atoms with Gasteiger partial charge in [0, 0.05) is 19.6 Å². The lowest BCUT2D eigenvalue weighted by atomic mass is 10.1. The van der Waals surface area contributed by atoms with Gasteiger partial charge in [0.25, 0.3) is 0 Å². The zero-order chi connectivity index (χ0) is 17.6. The van der Waals surface area contributed by atoms with Crippen LogP contribution in [0.25, 0.3) is 0 Å². The fourth-order valence-electron chi connectivity index (χ4n) is 2.02. The highest BCUT2D eigenvalue weighted by atomic mass is 32.2. The van der Waals surface area contributed by atoms with Crippen LogP contribution in [0.2, 0.25) is 0 Å². The molecular formula is C15H22N4O3S. The fourth-order valence-corrected chi connectivity index (χ4v) is 2.59. The number of rotatable bonds is 7. The van der Waals surface area contributed by atoms with Crippen LogP contribution in [0.5, 0.6) is 0 Å². The number of carbonyl (C=O) groups is 1. The lowest BCUT2D eigenvalue weighted by molar-refractivity contribution is -0.131. The third-order valence-corrected chi connectivity index (χ3v) is 4.61. The van der Waals surface area contributed by atoms with Crippen LogP contribution >= 0.6 is 0 Å². The monoisotopic (exact) mass is 338 g/mol. The van der Waals surface area contributed by atoms with Crippen molar-refractivity contribution in [2.75, 3.05) is 27.2 Å². The van der Waals surface area contributed by atoms with Gasteiger partial charge in [0.1, 0.15) is 0 Å². The minimum absolute atomic E-state index is 0.0488. The van der Waals surface area contributed by atoms with Gasteiger partial charge in [-0.15, -0.1) is 0 Å². The quantitative estimate of drug-likeness (QED) is 0.787. The molecule has 1 unspecified atom stereocenters. The van der Waals surface area contributed by atoms with Crippen LogP contribution in [0.4, 0.5) is 0 Å². The highest BCUT2D eigenvalue weighted by Gasteiger charge is 2.18. The molecule has 1 aromatic carbocycles. The molecule has 7 nitrogen and oxygen atoms in total. The van der Waals surface area contributed by atoms with E-state index >= 15 is 0 Å². The third-order valence-electron chi connectivity index (χ3n) is 3.70. The van der Waals surface area contributed by atoms with Crippen LogP contribution in [0.1, 0.15) is 24.9 Å². The van der Waals surface area contributed by atoms with Gasteiger partial charge in [-0.25, -0.2) is 13.6 Å². The minimum atomic E-state index is -3.76. The average Bonchev–Trinajstić information content (AvgIpc) is 2.50. The van der Waals surface area contributed by atoms with Crippen molar-refractivity contribution >= 4 is 15.9 Å². The fraction of sp³-hybridized carbons (Fsp3) is 0.467. The molecule has 1 aromatic rings. The Morgan fingerprint density at radius 3 is 2.61 bits per heavy atom. The number of benzene rings is 1. The number of nitrogens with zero attached hydrogens (tertiary/aromatic N) is 3. The first-order valence-corrected chi connectivity index (χ1v) is 8.65. The third kappa shape index (κ3) is 5.63. The van der Waals surface area contributed by atoms with Crippen molar-refractivity contribution in [1.82, 2.24) is 9.80 Å². The van der Waals surface area contributed by atoms with Crippen molar-refractivity contribution in [3.63, 3.8) is 0 Å². The molecule has 0 radical (unpaired) electrons. The van der Waals surface area contributed by atoms with Crippen LogP contribution in [-0.2, 0) is 14.8 Å². The van der Waals surface area contributed by atoms with E-state index in [1.807, 2.05) is 17.9 Å². The van der Waals surface area contributed by atoms with E-state index in [2.05, 4.69) is 0 Å². The van der Waals surface area contributed by atoms with Gasteiger partial charge < -0.3 is 4.90 Å². The Kier molecular flexibility index (Phi) is 6.69. The van der Waals surface area contributed by atoms with Gasteiger partial charge >= 0.3 is 0 Å². The molecule has 0 saturated carbocycles. The predicted molar refractivity (Wildman–Crippen MR) is 86.7 cm³/mol. The Hall–Kier alpha value is -1.95. The smallest absolute Gasteiger partial charge is 0.238 e. The van der Waals surface area contributed by atoms with Crippen molar-refractivity contribution in [3.8, 4) is 6.07 Å². The van der Waals surface area contributed by atoms with E-state index < -0.39 is 10.0 Å². The maximum atomic E-state index is 12.1. The summed E-state index contributed by atoms with van der Waals surface area (Å²) in [6.07, 6.45) is 0.290. The number of hydrogen-bond donors (Lipinski definition) is 1. The van der Waals surface area contributed by atoms with E-state index in [1.165, 1.54) is 17.0 Å². The molecule has 23 heavy (non-hydrogen) atoms. The highest BCUT2D eigenvalue weighted by Crippen LogP contribution is 2.21. The Labute approximate surface area is 137 Å². The van der Waals surface area contributed by atoms with Crippen molar-refractivity contribution in [2.45, 2.75) is 24.3 Å². The van der Waals surface area contributed by atoms with Crippen LogP contribution in [0.3, 0.4) is 0 Å². The molecule has 2 N–H and O–H groups in total. The Balaban J connectivity index is 2.79. The number of amides is 1. The molecule has 0 fully saturated rings. The van der Waals surface area contributed by atoms with Crippen molar-refractivity contribution in [3.05, 3.63) is 29.8 Å². The van der Waals surface area contributed by atoms with Gasteiger partial charge in [-0.05, 0) is 31.7 Å². The van der Waals surface area contributed by atoms with Gasteiger partial charge in [-0.2, -0.15) is 5.26 Å². The average molecular weight is 338 g/mol. The van der Waals surface area contributed by atoms with Gasteiger partial charge in [-0.3, -0.25) is 9.69 Å². The molecule has 1 amide bonds. The van der Waals surface area contributed by atoms with E-state index in [9.17, 15) is 13.2 Å². The van der Waals surface area contributed by atoms with E-state index in [1.54, 1.807) is 26.2 Å². The zero-order valence-electron chi connectivity index (χ0n) is 13.6. The standard InChI is InChI=1S/C15H22N4O3S/c1-12(13-6-4-7-14(10-13)23(17,21)22)19(3)11-15(20)18(2)9-5-8-16/h4,6-7,10,12H,5,9,11H2,1-3H3,(H2,17,21,22). The Bertz CT molecular complexity index is 697. The van der Waals surface area contributed by atoms with Gasteiger partial charge in [0.15, 0.2) is 0 Å². The lowest BCUT2D eigenvalue weighted by Crippen LogP contribution is -2.38. The summed E-state index contributed by atoms with van der Waals surface area (Å²) in [7, 11) is -0.321. The number of hydrogen-bond acceptors (Lipinski definition) is 5. The summed E-state index contributed by atoms with van der Waals surface area (Å²) in [6.45, 7) is 2.44. The highest BCUT2D eigenvalue weighted by molar-refractivity contribution is 7.89. The summed E-state index contributed by atoms with van der Waals surface area (Å²) in [6, 6.07) is 8.21. The first kappa shape index (κ1) is 19.1.